The second kappa shape index (κ2) is 7.51. The average molecular weight is 299 g/mol. The lowest BCUT2D eigenvalue weighted by molar-refractivity contribution is -0.142. The molecule has 0 aliphatic carbocycles. The first-order chi connectivity index (χ1) is 10.1. The van der Waals surface area contributed by atoms with Crippen molar-refractivity contribution < 1.29 is 14.2 Å². The normalized spacial score (nSPS) is 23.3. The van der Waals surface area contributed by atoms with Crippen LogP contribution < -0.4 is 11.2 Å². The van der Waals surface area contributed by atoms with Crippen molar-refractivity contribution in [3.05, 3.63) is 33.1 Å². The van der Waals surface area contributed by atoms with Gasteiger partial charge in [0.25, 0.3) is 5.56 Å². The van der Waals surface area contributed by atoms with Gasteiger partial charge >= 0.3 is 5.69 Å². The molecule has 1 fully saturated rings. The third-order valence-corrected chi connectivity index (χ3v) is 3.35. The topological polar surface area (TPSA) is 85.8 Å². The molecule has 0 spiro atoms. The number of methoxy groups -OCH3 is 2. The molecule has 2 unspecified atom stereocenters. The molecule has 0 amide bonds. The van der Waals surface area contributed by atoms with Crippen molar-refractivity contribution in [1.29, 1.82) is 0 Å². The Morgan fingerprint density at radius 2 is 2.14 bits per heavy atom. The van der Waals surface area contributed by atoms with E-state index in [1.165, 1.54) is 16.8 Å². The van der Waals surface area contributed by atoms with Crippen molar-refractivity contribution in [2.45, 2.75) is 12.3 Å². The van der Waals surface area contributed by atoms with E-state index < -0.39 is 17.5 Å². The lowest BCUT2D eigenvalue weighted by Gasteiger charge is -2.38. The van der Waals surface area contributed by atoms with Crippen LogP contribution in [-0.4, -0.2) is 67.6 Å². The quantitative estimate of drug-likeness (QED) is 0.727. The Hall–Kier alpha value is -1.48. The van der Waals surface area contributed by atoms with Crippen LogP contribution in [-0.2, 0) is 14.2 Å². The summed E-state index contributed by atoms with van der Waals surface area (Å²) in [5.74, 6) is 0. The molecule has 1 aliphatic rings. The van der Waals surface area contributed by atoms with Crippen LogP contribution in [0.25, 0.3) is 0 Å². The van der Waals surface area contributed by atoms with Crippen LogP contribution in [0.1, 0.15) is 6.23 Å². The van der Waals surface area contributed by atoms with E-state index in [1.807, 2.05) is 0 Å². The van der Waals surface area contributed by atoms with Crippen molar-refractivity contribution in [3.8, 4) is 0 Å². The molecule has 2 atom stereocenters. The number of morpholine rings is 1. The van der Waals surface area contributed by atoms with Gasteiger partial charge in [-0.15, -0.1) is 0 Å². The smallest absolute Gasteiger partial charge is 0.330 e. The predicted molar refractivity (Wildman–Crippen MR) is 75.4 cm³/mol. The molecule has 118 valence electrons. The highest BCUT2D eigenvalue weighted by Crippen LogP contribution is 2.18. The molecule has 1 aromatic heterocycles. The Morgan fingerprint density at radius 3 is 2.81 bits per heavy atom. The standard InChI is InChI=1S/C13H21N3O5/c1-19-6-5-15-7-10(9-20-2)21-12(8-15)16-4-3-11(17)14-13(16)18/h3-4,10,12H,5-9H2,1-2H3,(H,14,17,18). The molecule has 1 aliphatic heterocycles. The van der Waals surface area contributed by atoms with Gasteiger partial charge in [-0.25, -0.2) is 4.79 Å². The number of H-pyrrole nitrogens is 1. The fourth-order valence-electron chi connectivity index (χ4n) is 2.38. The Morgan fingerprint density at radius 1 is 1.33 bits per heavy atom. The number of hydrogen-bond acceptors (Lipinski definition) is 6. The first-order valence-electron chi connectivity index (χ1n) is 6.81. The second-order valence-electron chi connectivity index (χ2n) is 4.94. The summed E-state index contributed by atoms with van der Waals surface area (Å²) in [6.07, 6.45) is 0.861. The number of ether oxygens (including phenoxy) is 3. The zero-order valence-corrected chi connectivity index (χ0v) is 12.3. The van der Waals surface area contributed by atoms with Crippen LogP contribution in [0.5, 0.6) is 0 Å². The highest BCUT2D eigenvalue weighted by molar-refractivity contribution is 4.86. The second-order valence-corrected chi connectivity index (χ2v) is 4.94. The number of nitrogens with one attached hydrogen (secondary N) is 1. The van der Waals surface area contributed by atoms with Gasteiger partial charge in [-0.2, -0.15) is 0 Å². The number of rotatable bonds is 6. The molecule has 8 nitrogen and oxygen atoms in total. The van der Waals surface area contributed by atoms with E-state index in [2.05, 4.69) is 9.88 Å². The third kappa shape index (κ3) is 4.24. The first-order valence-corrected chi connectivity index (χ1v) is 6.81. The summed E-state index contributed by atoms with van der Waals surface area (Å²) in [5, 5.41) is 0. The van der Waals surface area contributed by atoms with Crippen LogP contribution in [0.4, 0.5) is 0 Å². The molecule has 2 heterocycles. The zero-order chi connectivity index (χ0) is 15.2. The molecule has 0 aromatic carbocycles. The van der Waals surface area contributed by atoms with Crippen LogP contribution in [0.2, 0.25) is 0 Å². The van der Waals surface area contributed by atoms with Gasteiger partial charge in [0.2, 0.25) is 0 Å². The third-order valence-electron chi connectivity index (χ3n) is 3.35. The van der Waals surface area contributed by atoms with E-state index in [0.717, 1.165) is 6.54 Å². The highest BCUT2D eigenvalue weighted by atomic mass is 16.5. The van der Waals surface area contributed by atoms with Crippen molar-refractivity contribution >= 4 is 0 Å². The summed E-state index contributed by atoms with van der Waals surface area (Å²) in [6, 6.07) is 1.31. The van der Waals surface area contributed by atoms with Crippen LogP contribution in [0.15, 0.2) is 21.9 Å². The van der Waals surface area contributed by atoms with Crippen molar-refractivity contribution in [1.82, 2.24) is 14.5 Å². The van der Waals surface area contributed by atoms with Crippen LogP contribution in [0.3, 0.4) is 0 Å². The van der Waals surface area contributed by atoms with Gasteiger partial charge in [0, 0.05) is 46.1 Å². The molecule has 1 saturated heterocycles. The Labute approximate surface area is 122 Å². The lowest BCUT2D eigenvalue weighted by atomic mass is 10.2. The van der Waals surface area contributed by atoms with E-state index in [-0.39, 0.29) is 6.10 Å². The van der Waals surface area contributed by atoms with E-state index in [0.29, 0.717) is 26.3 Å². The minimum absolute atomic E-state index is 0.135. The summed E-state index contributed by atoms with van der Waals surface area (Å²) >= 11 is 0. The Balaban J connectivity index is 2.16. The summed E-state index contributed by atoms with van der Waals surface area (Å²) in [5.41, 5.74) is -0.894. The number of aromatic nitrogens is 2. The summed E-state index contributed by atoms with van der Waals surface area (Å²) in [6.45, 7) is 3.06. The van der Waals surface area contributed by atoms with Gasteiger partial charge in [-0.3, -0.25) is 19.2 Å². The minimum atomic E-state index is -0.475. The van der Waals surface area contributed by atoms with E-state index in [9.17, 15) is 9.59 Å². The van der Waals surface area contributed by atoms with Crippen molar-refractivity contribution in [2.24, 2.45) is 0 Å². The minimum Gasteiger partial charge on any atom is -0.383 e. The predicted octanol–water partition coefficient (Wildman–Crippen LogP) is -0.971. The Kier molecular flexibility index (Phi) is 5.68. The number of nitrogens with zero attached hydrogens (tertiary/aromatic N) is 2. The average Bonchev–Trinajstić information content (AvgIpc) is 2.45. The molecule has 21 heavy (non-hydrogen) atoms. The summed E-state index contributed by atoms with van der Waals surface area (Å²) in [4.78, 5) is 27.4. The highest BCUT2D eigenvalue weighted by Gasteiger charge is 2.29. The molecule has 1 N–H and O–H groups in total. The van der Waals surface area contributed by atoms with Crippen LogP contribution >= 0.6 is 0 Å². The summed E-state index contributed by atoms with van der Waals surface area (Å²) in [7, 11) is 3.26. The molecular weight excluding hydrogens is 278 g/mol. The molecule has 0 radical (unpaired) electrons. The maximum Gasteiger partial charge on any atom is 0.330 e. The zero-order valence-electron chi connectivity index (χ0n) is 12.3. The molecule has 2 rings (SSSR count). The number of hydrogen-bond donors (Lipinski definition) is 1. The Bertz CT molecular complexity index is 555. The fourth-order valence-corrected chi connectivity index (χ4v) is 2.38. The molecule has 8 heteroatoms. The molecular formula is C13H21N3O5. The van der Waals surface area contributed by atoms with Gasteiger partial charge < -0.3 is 14.2 Å². The summed E-state index contributed by atoms with van der Waals surface area (Å²) < 4.78 is 17.5. The monoisotopic (exact) mass is 299 g/mol. The van der Waals surface area contributed by atoms with Gasteiger partial charge in [-0.05, 0) is 0 Å². The molecule has 0 saturated carbocycles. The van der Waals surface area contributed by atoms with Crippen molar-refractivity contribution in [3.63, 3.8) is 0 Å². The largest absolute Gasteiger partial charge is 0.383 e. The van der Waals surface area contributed by atoms with E-state index >= 15 is 0 Å². The van der Waals surface area contributed by atoms with Gasteiger partial charge in [0.15, 0.2) is 6.23 Å². The maximum atomic E-state index is 11.9. The fraction of sp³-hybridized carbons (Fsp3) is 0.692. The van der Waals surface area contributed by atoms with E-state index in [4.69, 9.17) is 14.2 Å². The van der Waals surface area contributed by atoms with Gasteiger partial charge in [-0.1, -0.05) is 0 Å². The van der Waals surface area contributed by atoms with E-state index in [1.54, 1.807) is 14.2 Å². The van der Waals surface area contributed by atoms with Gasteiger partial charge in [0.1, 0.15) is 0 Å². The van der Waals surface area contributed by atoms with Gasteiger partial charge in [0.05, 0.1) is 19.3 Å². The molecule has 1 aromatic rings. The first kappa shape index (κ1) is 15.9. The maximum absolute atomic E-state index is 11.9. The van der Waals surface area contributed by atoms with Crippen molar-refractivity contribution in [2.75, 3.05) is 47.1 Å². The number of aromatic amines is 1. The molecule has 0 bridgehead atoms. The lowest BCUT2D eigenvalue weighted by Crippen LogP contribution is -2.50. The van der Waals surface area contributed by atoms with Crippen LogP contribution in [0, 0.1) is 0 Å². The SMILES string of the molecule is COCCN1CC(COC)OC(n2ccc(=O)[nH]c2=O)C1.